The minimum atomic E-state index is 0.0694. The molecule has 2 heterocycles. The molecule has 148 valence electrons. The van der Waals surface area contributed by atoms with E-state index in [0.29, 0.717) is 23.6 Å². The summed E-state index contributed by atoms with van der Waals surface area (Å²) in [6.45, 7) is 8.25. The molecule has 0 radical (unpaired) electrons. The van der Waals surface area contributed by atoms with E-state index in [9.17, 15) is 4.79 Å². The Kier molecular flexibility index (Phi) is 6.24. The molecule has 0 bridgehead atoms. The van der Waals surface area contributed by atoms with Gasteiger partial charge in [-0.2, -0.15) is 0 Å². The maximum absolute atomic E-state index is 12.6. The predicted octanol–water partition coefficient (Wildman–Crippen LogP) is 4.64. The molecule has 0 amide bonds. The van der Waals surface area contributed by atoms with Crippen molar-refractivity contribution in [2.75, 3.05) is 12.9 Å². The molecule has 0 atom stereocenters. The van der Waals surface area contributed by atoms with Crippen LogP contribution < -0.4 is 4.74 Å². The summed E-state index contributed by atoms with van der Waals surface area (Å²) in [5, 5.41) is 8.54. The highest BCUT2D eigenvalue weighted by Gasteiger charge is 2.18. The van der Waals surface area contributed by atoms with Crippen molar-refractivity contribution in [2.45, 2.75) is 45.4 Å². The number of thioether (sulfide) groups is 1. The minimum absolute atomic E-state index is 0.0694. The molecule has 0 unspecified atom stereocenters. The molecule has 3 rings (SSSR count). The second kappa shape index (κ2) is 8.65. The van der Waals surface area contributed by atoms with Gasteiger partial charge < -0.3 is 13.7 Å². The van der Waals surface area contributed by atoms with Crippen LogP contribution >= 0.6 is 11.8 Å². The molecule has 0 saturated heterocycles. The Hall–Kier alpha value is -2.54. The Morgan fingerprint density at radius 2 is 1.93 bits per heavy atom. The van der Waals surface area contributed by atoms with E-state index in [1.165, 1.54) is 11.8 Å². The SMILES string of the molecule is COc1ccc(Cc2nnc(SCC(=O)c3cc(C)n(C(C)C)c3C)o2)cc1. The third-order valence-electron chi connectivity index (χ3n) is 4.59. The molecular weight excluding hydrogens is 374 g/mol. The standard InChI is InChI=1S/C21H25N3O3S/c1-13(2)24-14(3)10-18(15(24)4)19(25)12-28-21-23-22-20(27-21)11-16-6-8-17(26-5)9-7-16/h6-10,13H,11-12H2,1-5H3. The van der Waals surface area contributed by atoms with Crippen molar-refractivity contribution < 1.29 is 13.9 Å². The zero-order chi connectivity index (χ0) is 20.3. The van der Waals surface area contributed by atoms with Crippen LogP contribution in [0.15, 0.2) is 40.0 Å². The highest BCUT2D eigenvalue weighted by Crippen LogP contribution is 2.24. The van der Waals surface area contributed by atoms with Crippen molar-refractivity contribution in [1.82, 2.24) is 14.8 Å². The number of hydrogen-bond donors (Lipinski definition) is 0. The van der Waals surface area contributed by atoms with Gasteiger partial charge in [-0.05, 0) is 51.5 Å². The molecule has 0 N–H and O–H groups in total. The predicted molar refractivity (Wildman–Crippen MR) is 109 cm³/mol. The quantitative estimate of drug-likeness (QED) is 0.406. The maximum Gasteiger partial charge on any atom is 0.277 e. The van der Waals surface area contributed by atoms with Gasteiger partial charge >= 0.3 is 0 Å². The first-order valence-corrected chi connectivity index (χ1v) is 10.2. The van der Waals surface area contributed by atoms with E-state index in [4.69, 9.17) is 9.15 Å². The number of benzene rings is 1. The molecule has 3 aromatic rings. The van der Waals surface area contributed by atoms with Gasteiger partial charge in [-0.3, -0.25) is 4.79 Å². The van der Waals surface area contributed by atoms with Crippen LogP contribution in [0.1, 0.15) is 53.1 Å². The number of ether oxygens (including phenoxy) is 1. The molecule has 1 aromatic carbocycles. The van der Waals surface area contributed by atoms with Crippen LogP contribution in [-0.2, 0) is 6.42 Å². The monoisotopic (exact) mass is 399 g/mol. The number of Topliss-reactive ketones (excluding diaryl/α,β-unsaturated/α-hetero) is 1. The molecule has 0 spiro atoms. The molecule has 0 aliphatic heterocycles. The minimum Gasteiger partial charge on any atom is -0.497 e. The summed E-state index contributed by atoms with van der Waals surface area (Å²) < 4.78 is 13.0. The van der Waals surface area contributed by atoms with Crippen LogP contribution in [0.3, 0.4) is 0 Å². The summed E-state index contributed by atoms with van der Waals surface area (Å²) in [6.07, 6.45) is 0.543. The molecule has 28 heavy (non-hydrogen) atoms. The van der Waals surface area contributed by atoms with Crippen molar-refractivity contribution in [3.8, 4) is 5.75 Å². The molecule has 7 heteroatoms. The van der Waals surface area contributed by atoms with E-state index < -0.39 is 0 Å². The van der Waals surface area contributed by atoms with Gasteiger partial charge in [0.05, 0.1) is 19.3 Å². The number of hydrogen-bond acceptors (Lipinski definition) is 6. The van der Waals surface area contributed by atoms with Gasteiger partial charge in [0.2, 0.25) is 5.89 Å². The first-order valence-electron chi connectivity index (χ1n) is 9.18. The Morgan fingerprint density at radius 1 is 1.21 bits per heavy atom. The van der Waals surface area contributed by atoms with Crippen LogP contribution in [0.5, 0.6) is 5.75 Å². The van der Waals surface area contributed by atoms with Gasteiger partial charge in [-0.1, -0.05) is 23.9 Å². The van der Waals surface area contributed by atoms with Crippen molar-refractivity contribution in [3.05, 3.63) is 58.7 Å². The van der Waals surface area contributed by atoms with E-state index in [1.807, 2.05) is 44.2 Å². The largest absolute Gasteiger partial charge is 0.497 e. The number of methoxy groups -OCH3 is 1. The van der Waals surface area contributed by atoms with E-state index in [1.54, 1.807) is 7.11 Å². The number of carbonyl (C=O) groups excluding carboxylic acids is 1. The maximum atomic E-state index is 12.6. The fourth-order valence-electron chi connectivity index (χ4n) is 3.35. The summed E-state index contributed by atoms with van der Waals surface area (Å²) in [5.74, 6) is 1.67. The highest BCUT2D eigenvalue weighted by atomic mass is 32.2. The molecule has 0 saturated carbocycles. The van der Waals surface area contributed by atoms with Crippen LogP contribution in [0, 0.1) is 13.8 Å². The number of aryl methyl sites for hydroxylation is 1. The fourth-order valence-corrected chi connectivity index (χ4v) is 4.01. The third kappa shape index (κ3) is 4.47. The van der Waals surface area contributed by atoms with Gasteiger partial charge in [0.15, 0.2) is 5.78 Å². The Morgan fingerprint density at radius 3 is 2.54 bits per heavy atom. The van der Waals surface area contributed by atoms with Crippen LogP contribution in [-0.4, -0.2) is 33.4 Å². The number of aromatic nitrogens is 3. The fraction of sp³-hybridized carbons (Fsp3) is 0.381. The van der Waals surface area contributed by atoms with E-state index in [-0.39, 0.29) is 11.5 Å². The lowest BCUT2D eigenvalue weighted by molar-refractivity contribution is 0.102. The number of ketones is 1. The Balaban J connectivity index is 1.61. The van der Waals surface area contributed by atoms with Crippen molar-refractivity contribution in [3.63, 3.8) is 0 Å². The molecular formula is C21H25N3O3S. The zero-order valence-electron chi connectivity index (χ0n) is 16.9. The van der Waals surface area contributed by atoms with Crippen molar-refractivity contribution in [1.29, 1.82) is 0 Å². The normalized spacial score (nSPS) is 11.2. The summed E-state index contributed by atoms with van der Waals surface area (Å²) in [5.41, 5.74) is 3.92. The Labute approximate surface area is 169 Å². The molecule has 0 fully saturated rings. The second-order valence-electron chi connectivity index (χ2n) is 6.95. The van der Waals surface area contributed by atoms with Crippen molar-refractivity contribution in [2.24, 2.45) is 0 Å². The number of nitrogens with zero attached hydrogens (tertiary/aromatic N) is 3. The molecule has 0 aliphatic carbocycles. The summed E-state index contributed by atoms with van der Waals surface area (Å²) in [4.78, 5) is 12.6. The van der Waals surface area contributed by atoms with E-state index >= 15 is 0 Å². The zero-order valence-corrected chi connectivity index (χ0v) is 17.7. The van der Waals surface area contributed by atoms with Crippen LogP contribution in [0.25, 0.3) is 0 Å². The van der Waals surface area contributed by atoms with Gasteiger partial charge in [-0.25, -0.2) is 0 Å². The summed E-state index contributed by atoms with van der Waals surface area (Å²) >= 11 is 1.27. The first-order chi connectivity index (χ1) is 13.4. The van der Waals surface area contributed by atoms with Gasteiger partial charge in [-0.15, -0.1) is 10.2 Å². The number of rotatable bonds is 8. The highest BCUT2D eigenvalue weighted by molar-refractivity contribution is 7.99. The topological polar surface area (TPSA) is 70.2 Å². The van der Waals surface area contributed by atoms with Crippen LogP contribution in [0.2, 0.25) is 0 Å². The first kappa shape index (κ1) is 20.2. The van der Waals surface area contributed by atoms with Gasteiger partial charge in [0, 0.05) is 23.0 Å². The number of carbonyl (C=O) groups is 1. The smallest absolute Gasteiger partial charge is 0.277 e. The van der Waals surface area contributed by atoms with Crippen LogP contribution in [0.4, 0.5) is 0 Å². The van der Waals surface area contributed by atoms with Crippen molar-refractivity contribution >= 4 is 17.5 Å². The molecule has 0 aliphatic rings. The summed E-state index contributed by atoms with van der Waals surface area (Å²) in [6, 6.07) is 10.0. The van der Waals surface area contributed by atoms with E-state index in [2.05, 4.69) is 28.6 Å². The lowest BCUT2D eigenvalue weighted by Crippen LogP contribution is -2.08. The lowest BCUT2D eigenvalue weighted by Gasteiger charge is -2.13. The average Bonchev–Trinajstić information content (AvgIpc) is 3.24. The summed E-state index contributed by atoms with van der Waals surface area (Å²) in [7, 11) is 1.64. The average molecular weight is 400 g/mol. The van der Waals surface area contributed by atoms with Gasteiger partial charge in [0.25, 0.3) is 5.22 Å². The van der Waals surface area contributed by atoms with Gasteiger partial charge in [0.1, 0.15) is 5.75 Å². The molecule has 2 aromatic heterocycles. The third-order valence-corrected chi connectivity index (χ3v) is 5.41. The Bertz CT molecular complexity index is 958. The van der Waals surface area contributed by atoms with E-state index in [0.717, 1.165) is 28.3 Å². The second-order valence-corrected chi connectivity index (χ2v) is 7.87. The molecule has 6 nitrogen and oxygen atoms in total. The lowest BCUT2D eigenvalue weighted by atomic mass is 10.1.